The van der Waals surface area contributed by atoms with E-state index in [4.69, 9.17) is 13.9 Å². The van der Waals surface area contributed by atoms with Gasteiger partial charge in [-0.25, -0.2) is 9.98 Å². The second-order valence-corrected chi connectivity index (χ2v) is 7.09. The van der Waals surface area contributed by atoms with Crippen LogP contribution in [0.1, 0.15) is 30.7 Å². The molecule has 0 aliphatic carbocycles. The maximum Gasteiger partial charge on any atom is 0.216 e. The Morgan fingerprint density at radius 3 is 2.55 bits per heavy atom. The third-order valence-corrected chi connectivity index (χ3v) is 5.02. The standard InChI is InChI=1S/C21H31N5O3/c1-6-22-21(23-12-20-24-14(2)15(3)29-20)25-16-7-8-26(13-16)17-9-18(27-4)11-19(10-17)28-5/h9-11,16H,6-8,12-13H2,1-5H3,(H2,22,23,25). The number of aromatic nitrogens is 1. The maximum atomic E-state index is 5.63. The van der Waals surface area contributed by atoms with Gasteiger partial charge < -0.3 is 29.4 Å². The predicted molar refractivity (Wildman–Crippen MR) is 114 cm³/mol. The Bertz CT molecular complexity index is 807. The van der Waals surface area contributed by atoms with Crippen LogP contribution in [-0.4, -0.2) is 50.8 Å². The van der Waals surface area contributed by atoms with Crippen molar-refractivity contribution in [2.45, 2.75) is 39.8 Å². The van der Waals surface area contributed by atoms with Crippen molar-refractivity contribution in [1.82, 2.24) is 15.6 Å². The summed E-state index contributed by atoms with van der Waals surface area (Å²) < 4.78 is 16.4. The van der Waals surface area contributed by atoms with Gasteiger partial charge in [0.05, 0.1) is 19.9 Å². The number of guanidine groups is 1. The number of oxazole rings is 1. The number of ether oxygens (including phenoxy) is 2. The number of hydrogen-bond acceptors (Lipinski definition) is 6. The number of aryl methyl sites for hydroxylation is 2. The van der Waals surface area contributed by atoms with Crippen molar-refractivity contribution in [2.24, 2.45) is 4.99 Å². The van der Waals surface area contributed by atoms with Crippen LogP contribution in [-0.2, 0) is 6.54 Å². The minimum Gasteiger partial charge on any atom is -0.497 e. The minimum absolute atomic E-state index is 0.290. The van der Waals surface area contributed by atoms with Gasteiger partial charge in [0.1, 0.15) is 23.8 Å². The van der Waals surface area contributed by atoms with Gasteiger partial charge in [0.15, 0.2) is 5.96 Å². The molecule has 1 aromatic carbocycles. The van der Waals surface area contributed by atoms with Crippen molar-refractivity contribution in [3.8, 4) is 11.5 Å². The molecule has 2 N–H and O–H groups in total. The average molecular weight is 402 g/mol. The van der Waals surface area contributed by atoms with E-state index in [1.807, 2.05) is 32.0 Å². The van der Waals surface area contributed by atoms with Crippen molar-refractivity contribution >= 4 is 11.6 Å². The highest BCUT2D eigenvalue weighted by molar-refractivity contribution is 5.80. The Morgan fingerprint density at radius 2 is 1.97 bits per heavy atom. The molecule has 0 bridgehead atoms. The van der Waals surface area contributed by atoms with Gasteiger partial charge in [-0.1, -0.05) is 0 Å². The topological polar surface area (TPSA) is 84.2 Å². The Morgan fingerprint density at radius 1 is 1.24 bits per heavy atom. The number of nitrogens with one attached hydrogen (secondary N) is 2. The summed E-state index contributed by atoms with van der Waals surface area (Å²) in [5, 5.41) is 6.83. The molecule has 8 heteroatoms. The number of rotatable bonds is 7. The minimum atomic E-state index is 0.290. The summed E-state index contributed by atoms with van der Waals surface area (Å²) >= 11 is 0. The van der Waals surface area contributed by atoms with Crippen molar-refractivity contribution in [2.75, 3.05) is 38.8 Å². The Hall–Kier alpha value is -2.90. The Labute approximate surface area is 172 Å². The molecule has 0 radical (unpaired) electrons. The van der Waals surface area contributed by atoms with Crippen LogP contribution in [0, 0.1) is 13.8 Å². The van der Waals surface area contributed by atoms with Gasteiger partial charge in [0, 0.05) is 49.6 Å². The van der Waals surface area contributed by atoms with E-state index in [1.165, 1.54) is 0 Å². The molecule has 1 aliphatic heterocycles. The van der Waals surface area contributed by atoms with Crippen LogP contribution < -0.4 is 25.0 Å². The zero-order chi connectivity index (χ0) is 20.8. The lowest BCUT2D eigenvalue weighted by Crippen LogP contribution is -2.44. The van der Waals surface area contributed by atoms with E-state index >= 15 is 0 Å². The molecule has 1 unspecified atom stereocenters. The second-order valence-electron chi connectivity index (χ2n) is 7.09. The van der Waals surface area contributed by atoms with Crippen molar-refractivity contribution in [3.05, 3.63) is 35.5 Å². The molecular formula is C21H31N5O3. The van der Waals surface area contributed by atoms with Crippen LogP contribution in [0.15, 0.2) is 27.6 Å². The third kappa shape index (κ3) is 5.34. The number of methoxy groups -OCH3 is 2. The first-order valence-electron chi connectivity index (χ1n) is 9.98. The largest absolute Gasteiger partial charge is 0.497 e. The fourth-order valence-electron chi connectivity index (χ4n) is 3.35. The molecule has 1 aromatic heterocycles. The van der Waals surface area contributed by atoms with Gasteiger partial charge in [-0.05, 0) is 27.2 Å². The van der Waals surface area contributed by atoms with Crippen LogP contribution >= 0.6 is 0 Å². The van der Waals surface area contributed by atoms with E-state index in [9.17, 15) is 0 Å². The molecule has 0 amide bonds. The summed E-state index contributed by atoms with van der Waals surface area (Å²) in [6.45, 7) is 8.94. The summed E-state index contributed by atoms with van der Waals surface area (Å²) in [5.41, 5.74) is 2.01. The summed E-state index contributed by atoms with van der Waals surface area (Å²) in [7, 11) is 3.34. The summed E-state index contributed by atoms with van der Waals surface area (Å²) in [6, 6.07) is 6.25. The first kappa shape index (κ1) is 20.8. The van der Waals surface area contributed by atoms with Crippen molar-refractivity contribution in [1.29, 1.82) is 0 Å². The van der Waals surface area contributed by atoms with Crippen LogP contribution in [0.4, 0.5) is 5.69 Å². The van der Waals surface area contributed by atoms with E-state index in [0.29, 0.717) is 12.4 Å². The molecule has 1 aliphatic rings. The third-order valence-electron chi connectivity index (χ3n) is 5.02. The zero-order valence-electron chi connectivity index (χ0n) is 17.9. The monoisotopic (exact) mass is 401 g/mol. The van der Waals surface area contributed by atoms with Gasteiger partial charge in [-0.15, -0.1) is 0 Å². The van der Waals surface area contributed by atoms with Crippen molar-refractivity contribution in [3.63, 3.8) is 0 Å². The van der Waals surface area contributed by atoms with Crippen molar-refractivity contribution < 1.29 is 13.9 Å². The number of aliphatic imine (C=N–C) groups is 1. The Balaban J connectivity index is 1.64. The fourth-order valence-corrected chi connectivity index (χ4v) is 3.35. The quantitative estimate of drug-likeness (QED) is 0.545. The van der Waals surface area contributed by atoms with E-state index in [1.54, 1.807) is 14.2 Å². The second kappa shape index (κ2) is 9.54. The lowest BCUT2D eigenvalue weighted by Gasteiger charge is -2.21. The predicted octanol–water partition coefficient (Wildman–Crippen LogP) is 2.64. The van der Waals surface area contributed by atoms with Crippen LogP contribution in [0.3, 0.4) is 0 Å². The van der Waals surface area contributed by atoms with E-state index in [2.05, 4.69) is 32.4 Å². The molecule has 1 fully saturated rings. The lowest BCUT2D eigenvalue weighted by atomic mass is 10.2. The smallest absolute Gasteiger partial charge is 0.216 e. The summed E-state index contributed by atoms with van der Waals surface area (Å²) in [5.74, 6) is 3.84. The van der Waals surface area contributed by atoms with Gasteiger partial charge in [0.2, 0.25) is 5.89 Å². The van der Waals surface area contributed by atoms with Crippen LogP contribution in [0.2, 0.25) is 0 Å². The molecule has 29 heavy (non-hydrogen) atoms. The highest BCUT2D eigenvalue weighted by atomic mass is 16.5. The highest BCUT2D eigenvalue weighted by Crippen LogP contribution is 2.30. The molecule has 1 atom stereocenters. The average Bonchev–Trinajstić information content (AvgIpc) is 3.32. The van der Waals surface area contributed by atoms with E-state index in [0.717, 1.165) is 60.7 Å². The molecule has 1 saturated heterocycles. The van der Waals surface area contributed by atoms with Crippen LogP contribution in [0.25, 0.3) is 0 Å². The number of benzene rings is 1. The van der Waals surface area contributed by atoms with Gasteiger partial charge in [0.25, 0.3) is 0 Å². The number of anilines is 1. The molecule has 0 spiro atoms. The molecular weight excluding hydrogens is 370 g/mol. The van der Waals surface area contributed by atoms with E-state index in [-0.39, 0.29) is 6.04 Å². The zero-order valence-corrected chi connectivity index (χ0v) is 17.9. The number of nitrogens with zero attached hydrogens (tertiary/aromatic N) is 3. The SMILES string of the molecule is CCNC(=NCc1nc(C)c(C)o1)NC1CCN(c2cc(OC)cc(OC)c2)C1. The molecule has 3 rings (SSSR count). The molecule has 0 saturated carbocycles. The number of hydrogen-bond donors (Lipinski definition) is 2. The highest BCUT2D eigenvalue weighted by Gasteiger charge is 2.24. The molecule has 8 nitrogen and oxygen atoms in total. The first-order valence-corrected chi connectivity index (χ1v) is 9.98. The van der Waals surface area contributed by atoms with Gasteiger partial charge in [-0.3, -0.25) is 0 Å². The van der Waals surface area contributed by atoms with Crippen LogP contribution in [0.5, 0.6) is 11.5 Å². The summed E-state index contributed by atoms with van der Waals surface area (Å²) in [6.07, 6.45) is 1.02. The normalized spacial score (nSPS) is 16.8. The van der Waals surface area contributed by atoms with E-state index < -0.39 is 0 Å². The molecule has 2 aromatic rings. The van der Waals surface area contributed by atoms with Gasteiger partial charge in [-0.2, -0.15) is 0 Å². The maximum absolute atomic E-state index is 5.63. The summed E-state index contributed by atoms with van der Waals surface area (Å²) in [4.78, 5) is 11.4. The first-order chi connectivity index (χ1) is 14.0. The lowest BCUT2D eigenvalue weighted by molar-refractivity contribution is 0.394. The molecule has 158 valence electrons. The van der Waals surface area contributed by atoms with Gasteiger partial charge >= 0.3 is 0 Å². The Kier molecular flexibility index (Phi) is 6.85. The molecule has 2 heterocycles. The fraction of sp³-hybridized carbons (Fsp3) is 0.524.